The number of rotatable bonds is 3. The lowest BCUT2D eigenvalue weighted by atomic mass is 9.94. The predicted molar refractivity (Wildman–Crippen MR) is 63.6 cm³/mol. The Bertz CT molecular complexity index is 221. The molecule has 0 amide bonds. The second-order valence-electron chi connectivity index (χ2n) is 4.59. The Morgan fingerprint density at radius 3 is 2.71 bits per heavy atom. The lowest BCUT2D eigenvalue weighted by Crippen LogP contribution is -2.55. The summed E-state index contributed by atoms with van der Waals surface area (Å²) in [5, 5.41) is 4.53. The van der Waals surface area contributed by atoms with Crippen molar-refractivity contribution in [1.82, 2.24) is 5.32 Å². The van der Waals surface area contributed by atoms with Crippen molar-refractivity contribution in [2.75, 3.05) is 12.3 Å². The first-order valence-electron chi connectivity index (χ1n) is 5.48. The fraction of sp³-hybridized carbons (Fsp3) is 0.818. The smallest absolute Gasteiger partial charge is 0.0408 e. The second kappa shape index (κ2) is 4.25. The van der Waals surface area contributed by atoms with E-state index in [0.29, 0.717) is 6.04 Å². The SMILES string of the molecule is CC1CC(CN)(NC2CC=CC2)CS1. The van der Waals surface area contributed by atoms with Gasteiger partial charge in [0.2, 0.25) is 0 Å². The van der Waals surface area contributed by atoms with Gasteiger partial charge in [0, 0.05) is 29.1 Å². The van der Waals surface area contributed by atoms with Crippen LogP contribution >= 0.6 is 11.8 Å². The molecule has 0 radical (unpaired) electrons. The van der Waals surface area contributed by atoms with Crippen molar-refractivity contribution in [2.24, 2.45) is 5.73 Å². The van der Waals surface area contributed by atoms with Gasteiger partial charge in [-0.3, -0.25) is 0 Å². The molecule has 0 saturated carbocycles. The van der Waals surface area contributed by atoms with Gasteiger partial charge in [-0.2, -0.15) is 11.8 Å². The van der Waals surface area contributed by atoms with Crippen molar-refractivity contribution >= 4 is 11.8 Å². The molecule has 2 nitrogen and oxygen atoms in total. The molecule has 0 aromatic rings. The second-order valence-corrected chi connectivity index (χ2v) is 6.02. The molecule has 2 rings (SSSR count). The molecule has 0 spiro atoms. The molecule has 3 N–H and O–H groups in total. The summed E-state index contributed by atoms with van der Waals surface area (Å²) in [6.45, 7) is 3.08. The van der Waals surface area contributed by atoms with E-state index < -0.39 is 0 Å². The Hall–Kier alpha value is 0.01000. The Balaban J connectivity index is 1.92. The van der Waals surface area contributed by atoms with Crippen molar-refractivity contribution in [3.8, 4) is 0 Å². The van der Waals surface area contributed by atoms with Crippen molar-refractivity contribution < 1.29 is 0 Å². The highest BCUT2D eigenvalue weighted by molar-refractivity contribution is 8.00. The van der Waals surface area contributed by atoms with Gasteiger partial charge in [0.1, 0.15) is 0 Å². The molecule has 1 aliphatic carbocycles. The standard InChI is InChI=1S/C11H20N2S/c1-9-6-11(7-12,8-14-9)13-10-4-2-3-5-10/h2-3,9-10,13H,4-8,12H2,1H3. The van der Waals surface area contributed by atoms with E-state index in [4.69, 9.17) is 5.73 Å². The lowest BCUT2D eigenvalue weighted by molar-refractivity contribution is 0.318. The zero-order chi connectivity index (χ0) is 10.0. The number of nitrogens with two attached hydrogens (primary N) is 1. The van der Waals surface area contributed by atoms with E-state index in [1.165, 1.54) is 25.0 Å². The van der Waals surface area contributed by atoms with E-state index in [9.17, 15) is 0 Å². The quantitative estimate of drug-likeness (QED) is 0.697. The topological polar surface area (TPSA) is 38.0 Å². The van der Waals surface area contributed by atoms with Crippen LogP contribution in [0.5, 0.6) is 0 Å². The molecule has 1 saturated heterocycles. The molecule has 1 aliphatic heterocycles. The van der Waals surface area contributed by atoms with Gasteiger partial charge in [-0.05, 0) is 19.3 Å². The fourth-order valence-corrected chi connectivity index (χ4v) is 3.80. The van der Waals surface area contributed by atoms with Crippen molar-refractivity contribution in [2.45, 2.75) is 43.0 Å². The van der Waals surface area contributed by atoms with Gasteiger partial charge in [0.25, 0.3) is 0 Å². The van der Waals surface area contributed by atoms with Crippen LogP contribution in [-0.4, -0.2) is 29.1 Å². The average molecular weight is 212 g/mol. The van der Waals surface area contributed by atoms with Crippen LogP contribution in [0, 0.1) is 0 Å². The first kappa shape index (κ1) is 10.5. The van der Waals surface area contributed by atoms with Crippen LogP contribution in [0.2, 0.25) is 0 Å². The minimum Gasteiger partial charge on any atom is -0.329 e. The third kappa shape index (κ3) is 2.15. The Morgan fingerprint density at radius 2 is 2.21 bits per heavy atom. The molecule has 0 aromatic heterocycles. The van der Waals surface area contributed by atoms with Crippen LogP contribution in [0.25, 0.3) is 0 Å². The zero-order valence-corrected chi connectivity index (χ0v) is 9.65. The van der Waals surface area contributed by atoms with Gasteiger partial charge in [-0.1, -0.05) is 19.1 Å². The predicted octanol–water partition coefficient (Wildman–Crippen LogP) is 1.52. The molecule has 14 heavy (non-hydrogen) atoms. The van der Waals surface area contributed by atoms with E-state index in [1.807, 2.05) is 11.8 Å². The molecule has 2 unspecified atom stereocenters. The lowest BCUT2D eigenvalue weighted by Gasteiger charge is -2.32. The van der Waals surface area contributed by atoms with Crippen molar-refractivity contribution in [3.05, 3.63) is 12.2 Å². The molecule has 1 fully saturated rings. The van der Waals surface area contributed by atoms with Crippen LogP contribution < -0.4 is 11.1 Å². The minimum atomic E-state index is 0.223. The summed E-state index contributed by atoms with van der Waals surface area (Å²) < 4.78 is 0. The Morgan fingerprint density at radius 1 is 1.50 bits per heavy atom. The van der Waals surface area contributed by atoms with Crippen molar-refractivity contribution in [1.29, 1.82) is 0 Å². The summed E-state index contributed by atoms with van der Waals surface area (Å²) in [5.41, 5.74) is 6.14. The monoisotopic (exact) mass is 212 g/mol. The Labute approximate surface area is 90.7 Å². The largest absolute Gasteiger partial charge is 0.329 e. The first-order chi connectivity index (χ1) is 6.74. The average Bonchev–Trinajstić information content (AvgIpc) is 2.77. The molecule has 2 atom stereocenters. The van der Waals surface area contributed by atoms with E-state index in [1.54, 1.807) is 0 Å². The van der Waals surface area contributed by atoms with E-state index >= 15 is 0 Å². The van der Waals surface area contributed by atoms with E-state index in [0.717, 1.165) is 11.8 Å². The summed E-state index contributed by atoms with van der Waals surface area (Å²) in [4.78, 5) is 0. The summed E-state index contributed by atoms with van der Waals surface area (Å²) in [5.74, 6) is 1.18. The molecule has 3 heteroatoms. The van der Waals surface area contributed by atoms with Gasteiger partial charge in [0.15, 0.2) is 0 Å². The first-order valence-corrected chi connectivity index (χ1v) is 6.53. The molecule has 0 bridgehead atoms. The highest BCUT2D eigenvalue weighted by atomic mass is 32.2. The fourth-order valence-electron chi connectivity index (χ4n) is 2.44. The maximum absolute atomic E-state index is 5.91. The zero-order valence-electron chi connectivity index (χ0n) is 8.83. The van der Waals surface area contributed by atoms with Gasteiger partial charge < -0.3 is 11.1 Å². The molecule has 0 aromatic carbocycles. The Kier molecular flexibility index (Phi) is 3.20. The van der Waals surface area contributed by atoms with Gasteiger partial charge in [-0.25, -0.2) is 0 Å². The summed E-state index contributed by atoms with van der Waals surface area (Å²) in [7, 11) is 0. The van der Waals surface area contributed by atoms with Crippen LogP contribution in [0.1, 0.15) is 26.2 Å². The van der Waals surface area contributed by atoms with Crippen LogP contribution in [0.3, 0.4) is 0 Å². The van der Waals surface area contributed by atoms with Gasteiger partial charge in [0.05, 0.1) is 0 Å². The molecule has 80 valence electrons. The van der Waals surface area contributed by atoms with Crippen LogP contribution in [0.4, 0.5) is 0 Å². The number of hydrogen-bond acceptors (Lipinski definition) is 3. The maximum Gasteiger partial charge on any atom is 0.0408 e. The summed E-state index contributed by atoms with van der Waals surface area (Å²) in [6.07, 6.45) is 8.13. The number of nitrogens with one attached hydrogen (secondary N) is 1. The minimum absolute atomic E-state index is 0.223. The summed E-state index contributed by atoms with van der Waals surface area (Å²) >= 11 is 2.05. The highest BCUT2D eigenvalue weighted by Gasteiger charge is 2.38. The van der Waals surface area contributed by atoms with E-state index in [2.05, 4.69) is 24.4 Å². The van der Waals surface area contributed by atoms with Crippen molar-refractivity contribution in [3.63, 3.8) is 0 Å². The van der Waals surface area contributed by atoms with E-state index in [-0.39, 0.29) is 5.54 Å². The number of hydrogen-bond donors (Lipinski definition) is 2. The highest BCUT2D eigenvalue weighted by Crippen LogP contribution is 2.34. The molecule has 2 aliphatic rings. The van der Waals surface area contributed by atoms with Gasteiger partial charge >= 0.3 is 0 Å². The third-order valence-electron chi connectivity index (χ3n) is 3.23. The molecular weight excluding hydrogens is 192 g/mol. The van der Waals surface area contributed by atoms with Crippen LogP contribution in [-0.2, 0) is 0 Å². The number of thioether (sulfide) groups is 1. The normalized spacial score (nSPS) is 38.3. The third-order valence-corrected chi connectivity index (χ3v) is 4.69. The molecular formula is C11H20N2S. The van der Waals surface area contributed by atoms with Gasteiger partial charge in [-0.15, -0.1) is 0 Å². The maximum atomic E-state index is 5.91. The summed E-state index contributed by atoms with van der Waals surface area (Å²) in [6, 6.07) is 0.643. The van der Waals surface area contributed by atoms with Crippen LogP contribution in [0.15, 0.2) is 12.2 Å². The molecule has 1 heterocycles.